The maximum Gasteiger partial charge on any atom is 0.152 e. The van der Waals surface area contributed by atoms with Gasteiger partial charge in [0, 0.05) is 18.0 Å². The fraction of sp³-hybridized carbons (Fsp3) is 0.933. The van der Waals surface area contributed by atoms with Crippen LogP contribution >= 0.6 is 0 Å². The molecule has 2 N–H and O–H groups in total. The molecule has 0 amide bonds. The van der Waals surface area contributed by atoms with Crippen LogP contribution in [0.1, 0.15) is 54.9 Å². The zero-order valence-electron chi connectivity index (χ0n) is 13.2. The van der Waals surface area contributed by atoms with Gasteiger partial charge in [-0.2, -0.15) is 0 Å². The molecule has 0 aliphatic heterocycles. The van der Waals surface area contributed by atoms with Crippen LogP contribution in [0.5, 0.6) is 0 Å². The number of hydrogen-bond acceptors (Lipinski definition) is 3. The Labute approximate surface area is 113 Å². The molecule has 2 atom stereocenters. The van der Waals surface area contributed by atoms with Crippen molar-refractivity contribution in [1.29, 1.82) is 0 Å². The lowest BCUT2D eigenvalue weighted by atomic mass is 9.89. The van der Waals surface area contributed by atoms with Crippen LogP contribution in [-0.2, 0) is 4.79 Å². The average Bonchev–Trinajstić information content (AvgIpc) is 2.23. The normalized spacial score (nSPS) is 15.4. The first-order chi connectivity index (χ1) is 8.25. The van der Waals surface area contributed by atoms with Crippen molar-refractivity contribution in [2.75, 3.05) is 6.54 Å². The van der Waals surface area contributed by atoms with Crippen LogP contribution in [0.15, 0.2) is 0 Å². The fourth-order valence-corrected chi connectivity index (χ4v) is 2.01. The van der Waals surface area contributed by atoms with Crippen LogP contribution in [0.25, 0.3) is 0 Å². The highest BCUT2D eigenvalue weighted by Crippen LogP contribution is 2.14. The summed E-state index contributed by atoms with van der Waals surface area (Å²) >= 11 is 0. The number of Topliss-reactive ketones (excluding diaryl/α,β-unsaturated/α-hetero) is 1. The zero-order valence-corrected chi connectivity index (χ0v) is 13.2. The molecule has 108 valence electrons. The van der Waals surface area contributed by atoms with Gasteiger partial charge in [0.1, 0.15) is 0 Å². The van der Waals surface area contributed by atoms with Gasteiger partial charge < -0.3 is 10.6 Å². The molecule has 0 bridgehead atoms. The van der Waals surface area contributed by atoms with E-state index in [2.05, 4.69) is 45.3 Å². The molecule has 0 aromatic carbocycles. The Morgan fingerprint density at radius 3 is 1.89 bits per heavy atom. The minimum Gasteiger partial charge on any atom is -0.315 e. The van der Waals surface area contributed by atoms with Gasteiger partial charge in [-0.1, -0.05) is 48.5 Å². The van der Waals surface area contributed by atoms with Gasteiger partial charge in [-0.05, 0) is 18.9 Å². The summed E-state index contributed by atoms with van der Waals surface area (Å²) in [6.07, 6.45) is 1.03. The van der Waals surface area contributed by atoms with Gasteiger partial charge in [-0.3, -0.25) is 4.79 Å². The van der Waals surface area contributed by atoms with Crippen LogP contribution in [-0.4, -0.2) is 30.5 Å². The third-order valence-electron chi connectivity index (χ3n) is 3.11. The maximum absolute atomic E-state index is 12.2. The molecule has 3 nitrogen and oxygen atoms in total. The summed E-state index contributed by atoms with van der Waals surface area (Å²) in [5.41, 5.74) is 0. The Morgan fingerprint density at radius 1 is 0.944 bits per heavy atom. The van der Waals surface area contributed by atoms with Crippen LogP contribution in [0, 0.1) is 11.8 Å². The molecule has 3 heteroatoms. The van der Waals surface area contributed by atoms with E-state index in [4.69, 9.17) is 0 Å². The lowest BCUT2D eigenvalue weighted by Gasteiger charge is -2.28. The molecule has 18 heavy (non-hydrogen) atoms. The minimum atomic E-state index is -0.0148. The Kier molecular flexibility index (Phi) is 8.45. The van der Waals surface area contributed by atoms with Crippen LogP contribution in [0.4, 0.5) is 0 Å². The van der Waals surface area contributed by atoms with E-state index in [-0.39, 0.29) is 12.0 Å². The van der Waals surface area contributed by atoms with E-state index in [9.17, 15) is 4.79 Å². The number of rotatable bonds is 9. The first-order valence-corrected chi connectivity index (χ1v) is 7.28. The van der Waals surface area contributed by atoms with E-state index in [0.29, 0.717) is 23.8 Å². The van der Waals surface area contributed by atoms with Gasteiger partial charge >= 0.3 is 0 Å². The summed E-state index contributed by atoms with van der Waals surface area (Å²) in [6.45, 7) is 15.6. The van der Waals surface area contributed by atoms with Gasteiger partial charge in [-0.25, -0.2) is 0 Å². The van der Waals surface area contributed by atoms with Crippen LogP contribution in [0.2, 0.25) is 0 Å². The second-order valence-electron chi connectivity index (χ2n) is 6.23. The molecule has 0 radical (unpaired) electrons. The monoisotopic (exact) mass is 256 g/mol. The van der Waals surface area contributed by atoms with E-state index in [1.165, 1.54) is 0 Å². The summed E-state index contributed by atoms with van der Waals surface area (Å²) in [7, 11) is 0. The van der Waals surface area contributed by atoms with E-state index in [1.54, 1.807) is 0 Å². The molecular weight excluding hydrogens is 224 g/mol. The molecule has 0 spiro atoms. The Bertz CT molecular complexity index is 237. The van der Waals surface area contributed by atoms with Gasteiger partial charge in [0.15, 0.2) is 5.78 Å². The van der Waals surface area contributed by atoms with Crippen LogP contribution in [0.3, 0.4) is 0 Å². The molecule has 0 rings (SSSR count). The summed E-state index contributed by atoms with van der Waals surface area (Å²) in [4.78, 5) is 12.2. The largest absolute Gasteiger partial charge is 0.315 e. The van der Waals surface area contributed by atoms with Crippen molar-refractivity contribution < 1.29 is 4.79 Å². The van der Waals surface area contributed by atoms with Crippen molar-refractivity contribution in [2.45, 2.75) is 73.0 Å². The molecule has 0 saturated carbocycles. The van der Waals surface area contributed by atoms with Crippen LogP contribution < -0.4 is 10.6 Å². The Morgan fingerprint density at radius 2 is 1.50 bits per heavy atom. The lowest BCUT2D eigenvalue weighted by molar-refractivity contribution is -0.125. The second kappa shape index (κ2) is 8.65. The van der Waals surface area contributed by atoms with Crippen molar-refractivity contribution in [3.8, 4) is 0 Å². The SMILES string of the molecule is CC(C)NCCC(C)[C@H](NC(C)C)C(=O)C(C)C. The number of hydrogen-bond donors (Lipinski definition) is 2. The lowest BCUT2D eigenvalue weighted by Crippen LogP contribution is -2.47. The van der Waals surface area contributed by atoms with Gasteiger partial charge in [-0.15, -0.1) is 0 Å². The number of nitrogens with one attached hydrogen (secondary N) is 2. The number of carbonyl (C=O) groups is 1. The summed E-state index contributed by atoms with van der Waals surface area (Å²) < 4.78 is 0. The van der Waals surface area contributed by atoms with Crippen molar-refractivity contribution in [3.63, 3.8) is 0 Å². The highest BCUT2D eigenvalue weighted by molar-refractivity contribution is 5.86. The molecule has 0 aliphatic carbocycles. The molecule has 0 aromatic rings. The van der Waals surface area contributed by atoms with Crippen molar-refractivity contribution in [1.82, 2.24) is 10.6 Å². The minimum absolute atomic E-state index is 0.0148. The van der Waals surface area contributed by atoms with Gasteiger partial charge in [0.2, 0.25) is 0 Å². The standard InChI is InChI=1S/C15H32N2O/c1-10(2)15(18)14(17-12(5)6)13(7)8-9-16-11(3)4/h10-14,16-17H,8-9H2,1-7H3/t13?,14-/m0/s1. The van der Waals surface area contributed by atoms with Crippen molar-refractivity contribution >= 4 is 5.78 Å². The molecule has 0 fully saturated rings. The molecule has 0 aliphatic rings. The van der Waals surface area contributed by atoms with Gasteiger partial charge in [0.25, 0.3) is 0 Å². The smallest absolute Gasteiger partial charge is 0.152 e. The number of ketones is 1. The first-order valence-electron chi connectivity index (χ1n) is 7.28. The van der Waals surface area contributed by atoms with E-state index in [1.807, 2.05) is 13.8 Å². The molecule has 0 heterocycles. The summed E-state index contributed by atoms with van der Waals surface area (Å²) in [5, 5.41) is 6.84. The molecular formula is C15H32N2O. The quantitative estimate of drug-likeness (QED) is 0.666. The van der Waals surface area contributed by atoms with E-state index >= 15 is 0 Å². The summed E-state index contributed by atoms with van der Waals surface area (Å²) in [6, 6.07) is 0.840. The maximum atomic E-state index is 12.2. The second-order valence-corrected chi connectivity index (χ2v) is 6.23. The first kappa shape index (κ1) is 17.6. The fourth-order valence-electron chi connectivity index (χ4n) is 2.01. The third-order valence-corrected chi connectivity index (χ3v) is 3.11. The van der Waals surface area contributed by atoms with Crippen molar-refractivity contribution in [2.24, 2.45) is 11.8 Å². The molecule has 0 aromatic heterocycles. The molecule has 0 saturated heterocycles. The highest BCUT2D eigenvalue weighted by atomic mass is 16.1. The third kappa shape index (κ3) is 7.12. The Balaban J connectivity index is 4.40. The van der Waals surface area contributed by atoms with E-state index in [0.717, 1.165) is 13.0 Å². The topological polar surface area (TPSA) is 41.1 Å². The number of carbonyl (C=O) groups excluding carboxylic acids is 1. The van der Waals surface area contributed by atoms with Crippen molar-refractivity contribution in [3.05, 3.63) is 0 Å². The predicted molar refractivity (Wildman–Crippen MR) is 78.8 cm³/mol. The summed E-state index contributed by atoms with van der Waals surface area (Å²) in [5.74, 6) is 0.802. The average molecular weight is 256 g/mol. The van der Waals surface area contributed by atoms with E-state index < -0.39 is 0 Å². The molecule has 1 unspecified atom stereocenters. The predicted octanol–water partition coefficient (Wildman–Crippen LogP) is 2.60. The highest BCUT2D eigenvalue weighted by Gasteiger charge is 2.26. The Hall–Kier alpha value is -0.410. The van der Waals surface area contributed by atoms with Gasteiger partial charge in [0.05, 0.1) is 6.04 Å². The zero-order chi connectivity index (χ0) is 14.3.